The summed E-state index contributed by atoms with van der Waals surface area (Å²) < 4.78 is 0.864. The van der Waals surface area contributed by atoms with Crippen LogP contribution in [0.3, 0.4) is 0 Å². The van der Waals surface area contributed by atoms with E-state index in [1.807, 2.05) is 0 Å². The Kier molecular flexibility index (Phi) is 17.2. The van der Waals surface area contributed by atoms with Crippen molar-refractivity contribution in [2.24, 2.45) is 0 Å². The Morgan fingerprint density at radius 1 is 0.542 bits per heavy atom. The van der Waals surface area contributed by atoms with Gasteiger partial charge < -0.3 is 14.4 Å². The highest BCUT2D eigenvalue weighted by Crippen LogP contribution is 2.48. The lowest BCUT2D eigenvalue weighted by atomic mass is 9.71. The van der Waals surface area contributed by atoms with Gasteiger partial charge in [-0.25, -0.2) is 0 Å². The minimum absolute atomic E-state index is 0.356. The summed E-state index contributed by atoms with van der Waals surface area (Å²) in [5.74, 6) is -1.08. The first kappa shape index (κ1) is 38.8. The number of nitrogens with zero attached hydrogens (tertiary/aromatic N) is 1. The van der Waals surface area contributed by atoms with Crippen LogP contribution in [0, 0.1) is 0 Å². The summed E-state index contributed by atoms with van der Waals surface area (Å²) >= 11 is 0. The van der Waals surface area contributed by atoms with E-state index in [1.54, 1.807) is 0 Å². The van der Waals surface area contributed by atoms with Crippen LogP contribution in [0.15, 0.2) is 115 Å². The zero-order valence-electron chi connectivity index (χ0n) is 30.3. The van der Waals surface area contributed by atoms with Crippen molar-refractivity contribution in [3.63, 3.8) is 0 Å². The van der Waals surface area contributed by atoms with E-state index >= 15 is 0 Å². The molecule has 0 atom stereocenters. The summed E-state index contributed by atoms with van der Waals surface area (Å²) in [5, 5.41) is 8.89. The second-order valence-electron chi connectivity index (χ2n) is 13.9. The van der Waals surface area contributed by atoms with E-state index < -0.39 is 5.97 Å². The number of benzene rings is 4. The second-order valence-corrected chi connectivity index (χ2v) is 13.9. The monoisotopic (exact) mass is 647 g/mol. The highest BCUT2D eigenvalue weighted by Gasteiger charge is 2.51. The average Bonchev–Trinajstić information content (AvgIpc) is 3.10. The van der Waals surface area contributed by atoms with Gasteiger partial charge in [-0.15, -0.1) is 0 Å². The Bertz CT molecular complexity index is 1370. The van der Waals surface area contributed by atoms with Crippen molar-refractivity contribution >= 4 is 5.97 Å². The van der Waals surface area contributed by atoms with Gasteiger partial charge in [0.1, 0.15) is 0 Å². The van der Waals surface area contributed by atoms with Crippen molar-refractivity contribution in [3.8, 4) is 11.1 Å². The first-order valence-corrected chi connectivity index (χ1v) is 18.6. The van der Waals surface area contributed by atoms with Crippen molar-refractivity contribution in [2.45, 2.75) is 109 Å². The SMILES string of the molecule is CC(=O)[O-].CCCCCCCCCCCCCCCC[N+](C)(C)C(c1ccccc1)(c1ccccc1)c1ccccc1-c1ccccc1. The fourth-order valence-corrected chi connectivity index (χ4v) is 7.40. The fourth-order valence-electron chi connectivity index (χ4n) is 7.40. The van der Waals surface area contributed by atoms with Crippen LogP contribution in [-0.4, -0.2) is 31.1 Å². The summed E-state index contributed by atoms with van der Waals surface area (Å²) in [7, 11) is 4.92. The lowest BCUT2D eigenvalue weighted by molar-refractivity contribution is -0.936. The second kappa shape index (κ2) is 21.3. The molecule has 0 aliphatic heterocycles. The molecule has 0 aromatic heterocycles. The van der Waals surface area contributed by atoms with Gasteiger partial charge in [-0.05, 0) is 30.9 Å². The van der Waals surface area contributed by atoms with Crippen molar-refractivity contribution < 1.29 is 14.4 Å². The molecule has 0 aliphatic rings. The molecule has 0 heterocycles. The van der Waals surface area contributed by atoms with E-state index in [1.165, 1.54) is 118 Å². The molecule has 4 aromatic rings. The van der Waals surface area contributed by atoms with Crippen LogP contribution in [0.4, 0.5) is 0 Å². The molecule has 258 valence electrons. The molecule has 4 rings (SSSR count). The number of carbonyl (C=O) groups excluding carboxylic acids is 1. The summed E-state index contributed by atoms with van der Waals surface area (Å²) in [6.45, 7) is 4.39. The van der Waals surface area contributed by atoms with E-state index in [0.29, 0.717) is 0 Å². The third-order valence-electron chi connectivity index (χ3n) is 9.76. The number of carbonyl (C=O) groups is 1. The fraction of sp³-hybridized carbons (Fsp3) is 0.444. The minimum atomic E-state index is -1.08. The third-order valence-corrected chi connectivity index (χ3v) is 9.76. The number of rotatable bonds is 20. The van der Waals surface area contributed by atoms with Crippen LogP contribution in [0.2, 0.25) is 0 Å². The molecule has 0 spiro atoms. The van der Waals surface area contributed by atoms with Crippen LogP contribution in [0.25, 0.3) is 11.1 Å². The molecule has 48 heavy (non-hydrogen) atoms. The van der Waals surface area contributed by atoms with Crippen LogP contribution in [0.5, 0.6) is 0 Å². The molecule has 4 aromatic carbocycles. The number of carboxylic acids is 1. The largest absolute Gasteiger partial charge is 0.550 e. The smallest absolute Gasteiger partial charge is 0.176 e. The highest BCUT2D eigenvalue weighted by atomic mass is 16.4. The molecule has 0 amide bonds. The van der Waals surface area contributed by atoms with Gasteiger partial charge in [-0.1, -0.05) is 199 Å². The summed E-state index contributed by atoms with van der Waals surface area (Å²) in [5.41, 5.74) is 6.31. The number of aliphatic carboxylic acids is 1. The van der Waals surface area contributed by atoms with Gasteiger partial charge in [0.25, 0.3) is 0 Å². The molecule has 0 bridgehead atoms. The number of quaternary nitrogens is 1. The van der Waals surface area contributed by atoms with E-state index in [9.17, 15) is 0 Å². The first-order chi connectivity index (χ1) is 23.3. The predicted octanol–water partition coefficient (Wildman–Crippen LogP) is 11.0. The van der Waals surface area contributed by atoms with Gasteiger partial charge in [0.2, 0.25) is 0 Å². The molecular weight excluding hydrogens is 587 g/mol. The molecule has 3 nitrogen and oxygen atoms in total. The number of hydrogen-bond donors (Lipinski definition) is 0. The maximum atomic E-state index is 8.89. The average molecular weight is 648 g/mol. The van der Waals surface area contributed by atoms with Gasteiger partial charge in [0, 0.05) is 22.7 Å². The van der Waals surface area contributed by atoms with Crippen LogP contribution in [-0.2, 0) is 10.3 Å². The van der Waals surface area contributed by atoms with E-state index in [-0.39, 0.29) is 5.54 Å². The van der Waals surface area contributed by atoms with E-state index in [4.69, 9.17) is 9.90 Å². The summed E-state index contributed by atoms with van der Waals surface area (Å²) in [6, 6.07) is 42.6. The molecule has 0 fully saturated rings. The summed E-state index contributed by atoms with van der Waals surface area (Å²) in [6.07, 6.45) is 19.5. The Labute approximate surface area is 292 Å². The van der Waals surface area contributed by atoms with Crippen molar-refractivity contribution in [1.82, 2.24) is 0 Å². The van der Waals surface area contributed by atoms with Gasteiger partial charge >= 0.3 is 0 Å². The third kappa shape index (κ3) is 11.5. The normalized spacial score (nSPS) is 11.5. The van der Waals surface area contributed by atoms with Crippen molar-refractivity contribution in [1.29, 1.82) is 0 Å². The Hall–Kier alpha value is -3.69. The molecule has 3 heteroatoms. The Morgan fingerprint density at radius 2 is 0.896 bits per heavy atom. The van der Waals surface area contributed by atoms with Crippen molar-refractivity contribution in [3.05, 3.63) is 132 Å². The maximum absolute atomic E-state index is 8.89. The molecular formula is C45H61NO2. The lowest BCUT2D eigenvalue weighted by Crippen LogP contribution is -2.59. The van der Waals surface area contributed by atoms with Gasteiger partial charge in [-0.3, -0.25) is 0 Å². The predicted molar refractivity (Wildman–Crippen MR) is 203 cm³/mol. The van der Waals surface area contributed by atoms with Crippen LogP contribution in [0.1, 0.15) is 120 Å². The molecule has 0 N–H and O–H groups in total. The van der Waals surface area contributed by atoms with Gasteiger partial charge in [-0.2, -0.15) is 0 Å². The number of unbranched alkanes of at least 4 members (excludes halogenated alkanes) is 13. The Balaban J connectivity index is 0.00000148. The topological polar surface area (TPSA) is 40.1 Å². The molecule has 0 aliphatic carbocycles. The van der Waals surface area contributed by atoms with Gasteiger partial charge in [0.05, 0.1) is 20.6 Å². The first-order valence-electron chi connectivity index (χ1n) is 18.6. The van der Waals surface area contributed by atoms with Crippen molar-refractivity contribution in [2.75, 3.05) is 20.6 Å². The molecule has 0 radical (unpaired) electrons. The summed E-state index contributed by atoms with van der Waals surface area (Å²) in [4.78, 5) is 8.89. The zero-order valence-corrected chi connectivity index (χ0v) is 30.3. The van der Waals surface area contributed by atoms with Crippen LogP contribution >= 0.6 is 0 Å². The number of carboxylic acid groups (broad SMARTS) is 1. The standard InChI is InChI=1S/C43H58N.C2H4O2/c1-4-5-6-7-8-9-10-11-12-13-14-15-16-28-37-44(2,3)43(39-31-22-18-23-32-39,40-33-24-19-25-34-40)42-36-27-26-35-41(42)38-29-20-17-21-30-38;1-2(3)4/h17-27,29-36H,4-16,28,37H2,1-3H3;1H3,(H,3,4)/q+1;/p-1. The minimum Gasteiger partial charge on any atom is -0.550 e. The molecule has 0 saturated heterocycles. The molecule has 0 unspecified atom stereocenters. The number of hydrogen-bond acceptors (Lipinski definition) is 2. The lowest BCUT2D eigenvalue weighted by Gasteiger charge is -2.50. The van der Waals surface area contributed by atoms with E-state index in [2.05, 4.69) is 136 Å². The maximum Gasteiger partial charge on any atom is 0.176 e. The quantitative estimate of drug-likeness (QED) is 0.0544. The zero-order chi connectivity index (χ0) is 34.5. The Morgan fingerprint density at radius 3 is 1.33 bits per heavy atom. The van der Waals surface area contributed by atoms with E-state index in [0.717, 1.165) is 18.0 Å². The highest BCUT2D eigenvalue weighted by molar-refractivity contribution is 5.71. The van der Waals surface area contributed by atoms with Gasteiger partial charge in [0.15, 0.2) is 5.54 Å². The molecule has 0 saturated carbocycles. The van der Waals surface area contributed by atoms with Crippen LogP contribution < -0.4 is 5.11 Å².